The van der Waals surface area contributed by atoms with E-state index in [1.54, 1.807) is 0 Å². The van der Waals surface area contributed by atoms with Crippen LogP contribution in [-0.4, -0.2) is 30.3 Å². The molecule has 0 atom stereocenters. The van der Waals surface area contributed by atoms with Crippen LogP contribution < -0.4 is 0 Å². The van der Waals surface area contributed by atoms with Gasteiger partial charge in [0.1, 0.15) is 0 Å². The number of carbonyl (C=O) groups excluding carboxylic acids is 1. The van der Waals surface area contributed by atoms with Gasteiger partial charge in [-0.2, -0.15) is 0 Å². The van der Waals surface area contributed by atoms with E-state index in [1.165, 1.54) is 0 Å². The van der Waals surface area contributed by atoms with Gasteiger partial charge in [0.15, 0.2) is 5.78 Å². The summed E-state index contributed by atoms with van der Waals surface area (Å²) < 4.78 is 0. The SMILES string of the molecule is CCN(CC)CC(=O)c1c(C)ccc2ccccc12. The third-order valence-corrected chi connectivity index (χ3v) is 3.68. The number of benzene rings is 2. The van der Waals surface area contributed by atoms with Crippen molar-refractivity contribution in [2.45, 2.75) is 20.8 Å². The Hall–Kier alpha value is -1.67. The molecule has 2 nitrogen and oxygen atoms in total. The van der Waals surface area contributed by atoms with Crippen molar-refractivity contribution in [2.75, 3.05) is 19.6 Å². The van der Waals surface area contributed by atoms with Crippen molar-refractivity contribution >= 4 is 16.6 Å². The number of fused-ring (bicyclic) bond motifs is 1. The third-order valence-electron chi connectivity index (χ3n) is 3.68. The van der Waals surface area contributed by atoms with Crippen molar-refractivity contribution in [3.63, 3.8) is 0 Å². The molecule has 0 saturated carbocycles. The molecule has 0 radical (unpaired) electrons. The van der Waals surface area contributed by atoms with E-state index in [2.05, 4.69) is 30.9 Å². The van der Waals surface area contributed by atoms with Crippen LogP contribution in [0.2, 0.25) is 0 Å². The standard InChI is InChI=1S/C17H21NO/c1-4-18(5-2)12-16(19)17-13(3)10-11-14-8-6-7-9-15(14)17/h6-11H,4-5,12H2,1-3H3. The van der Waals surface area contributed by atoms with Crippen LogP contribution in [-0.2, 0) is 0 Å². The van der Waals surface area contributed by atoms with Crippen LogP contribution in [0.3, 0.4) is 0 Å². The molecule has 0 heterocycles. The molecule has 2 aromatic rings. The average Bonchev–Trinajstić information content (AvgIpc) is 2.44. The minimum absolute atomic E-state index is 0.220. The van der Waals surface area contributed by atoms with Gasteiger partial charge < -0.3 is 0 Å². The second kappa shape index (κ2) is 5.98. The van der Waals surface area contributed by atoms with Crippen molar-refractivity contribution in [2.24, 2.45) is 0 Å². The summed E-state index contributed by atoms with van der Waals surface area (Å²) in [5, 5.41) is 2.20. The largest absolute Gasteiger partial charge is 0.296 e. The van der Waals surface area contributed by atoms with Crippen LogP contribution in [0.25, 0.3) is 10.8 Å². The van der Waals surface area contributed by atoms with Crippen molar-refractivity contribution in [1.29, 1.82) is 0 Å². The van der Waals surface area contributed by atoms with Crippen LogP contribution >= 0.6 is 0 Å². The highest BCUT2D eigenvalue weighted by Crippen LogP contribution is 2.22. The maximum atomic E-state index is 12.6. The predicted molar refractivity (Wildman–Crippen MR) is 80.8 cm³/mol. The smallest absolute Gasteiger partial charge is 0.177 e. The number of nitrogens with zero attached hydrogens (tertiary/aromatic N) is 1. The number of likely N-dealkylation sites (N-methyl/N-ethyl adjacent to an activating group) is 1. The van der Waals surface area contributed by atoms with E-state index < -0.39 is 0 Å². The fourth-order valence-corrected chi connectivity index (χ4v) is 2.48. The number of aryl methyl sites for hydroxylation is 1. The number of carbonyl (C=O) groups is 1. The van der Waals surface area contributed by atoms with Crippen molar-refractivity contribution in [3.05, 3.63) is 47.5 Å². The molecule has 0 unspecified atom stereocenters. The summed E-state index contributed by atoms with van der Waals surface area (Å²) in [7, 11) is 0. The summed E-state index contributed by atoms with van der Waals surface area (Å²) in [6.45, 7) is 8.52. The molecule has 2 rings (SSSR count). The Morgan fingerprint density at radius 2 is 1.74 bits per heavy atom. The fraction of sp³-hybridized carbons (Fsp3) is 0.353. The molecule has 0 N–H and O–H groups in total. The van der Waals surface area contributed by atoms with Crippen LogP contribution in [0.4, 0.5) is 0 Å². The van der Waals surface area contributed by atoms with Gasteiger partial charge in [0.25, 0.3) is 0 Å². The number of Topliss-reactive ketones (excluding diaryl/α,β-unsaturated/α-hetero) is 1. The number of hydrogen-bond acceptors (Lipinski definition) is 2. The van der Waals surface area contributed by atoms with E-state index in [1.807, 2.05) is 31.2 Å². The summed E-state index contributed by atoms with van der Waals surface area (Å²) >= 11 is 0. The van der Waals surface area contributed by atoms with Crippen LogP contribution in [0.15, 0.2) is 36.4 Å². The molecule has 0 fully saturated rings. The lowest BCUT2D eigenvalue weighted by Crippen LogP contribution is -2.29. The van der Waals surface area contributed by atoms with Crippen LogP contribution in [0, 0.1) is 6.92 Å². The number of ketones is 1. The maximum absolute atomic E-state index is 12.6. The lowest BCUT2D eigenvalue weighted by Gasteiger charge is -2.18. The highest BCUT2D eigenvalue weighted by Gasteiger charge is 2.15. The monoisotopic (exact) mass is 255 g/mol. The normalized spacial score (nSPS) is 11.2. The molecular weight excluding hydrogens is 234 g/mol. The molecule has 0 bridgehead atoms. The van der Waals surface area contributed by atoms with Crippen LogP contribution in [0.5, 0.6) is 0 Å². The summed E-state index contributed by atoms with van der Waals surface area (Å²) in [5.74, 6) is 0.220. The first-order valence-electron chi connectivity index (χ1n) is 6.91. The first-order chi connectivity index (χ1) is 9.17. The molecule has 0 aliphatic heterocycles. The molecule has 0 aliphatic carbocycles. The van der Waals surface area contributed by atoms with Crippen molar-refractivity contribution in [3.8, 4) is 0 Å². The predicted octanol–water partition coefficient (Wildman–Crippen LogP) is 3.67. The maximum Gasteiger partial charge on any atom is 0.177 e. The Morgan fingerprint density at radius 3 is 2.42 bits per heavy atom. The molecule has 19 heavy (non-hydrogen) atoms. The third kappa shape index (κ3) is 2.85. The first-order valence-corrected chi connectivity index (χ1v) is 6.91. The van der Waals surface area contributed by atoms with Crippen molar-refractivity contribution < 1.29 is 4.79 Å². The van der Waals surface area contributed by atoms with Gasteiger partial charge in [0.05, 0.1) is 6.54 Å². The molecular formula is C17H21NO. The average molecular weight is 255 g/mol. The van der Waals surface area contributed by atoms with E-state index >= 15 is 0 Å². The van der Waals surface area contributed by atoms with Gasteiger partial charge in [0, 0.05) is 5.56 Å². The molecule has 2 aromatic carbocycles. The molecule has 0 amide bonds. The fourth-order valence-electron chi connectivity index (χ4n) is 2.48. The summed E-state index contributed by atoms with van der Waals surface area (Å²) in [4.78, 5) is 14.7. The van der Waals surface area contributed by atoms with E-state index in [9.17, 15) is 4.79 Å². The highest BCUT2D eigenvalue weighted by atomic mass is 16.1. The summed E-state index contributed by atoms with van der Waals surface area (Å²) in [6, 6.07) is 12.2. The van der Waals surface area contributed by atoms with Crippen molar-refractivity contribution in [1.82, 2.24) is 4.90 Å². The second-order valence-electron chi connectivity index (χ2n) is 4.86. The second-order valence-corrected chi connectivity index (χ2v) is 4.86. The van der Waals surface area contributed by atoms with Gasteiger partial charge in [-0.1, -0.05) is 50.2 Å². The number of rotatable bonds is 5. The Bertz CT molecular complexity index is 585. The zero-order chi connectivity index (χ0) is 13.8. The molecule has 0 saturated heterocycles. The Morgan fingerprint density at radius 1 is 1.05 bits per heavy atom. The Kier molecular flexibility index (Phi) is 4.33. The van der Waals surface area contributed by atoms with E-state index in [4.69, 9.17) is 0 Å². The van der Waals surface area contributed by atoms with Gasteiger partial charge in [-0.05, 0) is 36.3 Å². The van der Waals surface area contributed by atoms with Gasteiger partial charge in [-0.25, -0.2) is 0 Å². The molecule has 100 valence electrons. The van der Waals surface area contributed by atoms with Gasteiger partial charge in [0.2, 0.25) is 0 Å². The van der Waals surface area contributed by atoms with Gasteiger partial charge in [-0.15, -0.1) is 0 Å². The quantitative estimate of drug-likeness (QED) is 0.760. The zero-order valence-corrected chi connectivity index (χ0v) is 11.9. The zero-order valence-electron chi connectivity index (χ0n) is 11.9. The van der Waals surface area contributed by atoms with E-state index in [-0.39, 0.29) is 5.78 Å². The molecule has 0 spiro atoms. The summed E-state index contributed by atoms with van der Waals surface area (Å²) in [5.41, 5.74) is 1.95. The summed E-state index contributed by atoms with van der Waals surface area (Å²) in [6.07, 6.45) is 0. The first kappa shape index (κ1) is 13.8. The topological polar surface area (TPSA) is 20.3 Å². The lowest BCUT2D eigenvalue weighted by atomic mass is 9.96. The Labute approximate surface area is 115 Å². The van der Waals surface area contributed by atoms with E-state index in [0.717, 1.165) is 35.0 Å². The molecule has 0 aliphatic rings. The van der Waals surface area contributed by atoms with Gasteiger partial charge >= 0.3 is 0 Å². The minimum atomic E-state index is 0.220. The Balaban J connectivity index is 2.43. The van der Waals surface area contributed by atoms with Crippen LogP contribution in [0.1, 0.15) is 29.8 Å². The number of hydrogen-bond donors (Lipinski definition) is 0. The van der Waals surface area contributed by atoms with Gasteiger partial charge in [-0.3, -0.25) is 9.69 Å². The lowest BCUT2D eigenvalue weighted by molar-refractivity contribution is 0.0938. The molecule has 2 heteroatoms. The molecule has 0 aromatic heterocycles. The van der Waals surface area contributed by atoms with E-state index in [0.29, 0.717) is 6.54 Å². The highest BCUT2D eigenvalue weighted by molar-refractivity contribution is 6.10. The minimum Gasteiger partial charge on any atom is -0.296 e.